The molecule has 1 aliphatic carbocycles. The molecular weight excluding hydrogens is 440 g/mol. The van der Waals surface area contributed by atoms with Crippen molar-refractivity contribution in [1.82, 2.24) is 9.97 Å². The van der Waals surface area contributed by atoms with Gasteiger partial charge in [-0.25, -0.2) is 4.98 Å². The van der Waals surface area contributed by atoms with Crippen LogP contribution in [0.1, 0.15) is 69.9 Å². The van der Waals surface area contributed by atoms with Crippen molar-refractivity contribution in [2.45, 2.75) is 63.9 Å². The van der Waals surface area contributed by atoms with E-state index in [-0.39, 0.29) is 28.0 Å². The Morgan fingerprint density at radius 2 is 1.97 bits per heavy atom. The maximum atomic E-state index is 13.3. The Balaban J connectivity index is 1.87. The third-order valence-corrected chi connectivity index (χ3v) is 7.09. The topological polar surface area (TPSA) is 118 Å². The smallest absolute Gasteiger partial charge is 0.273 e. The van der Waals surface area contributed by atoms with Gasteiger partial charge in [0.15, 0.2) is 10.9 Å². The summed E-state index contributed by atoms with van der Waals surface area (Å²) in [7, 11) is 0. The largest absolute Gasteiger partial charge is 0.343 e. The Labute approximate surface area is 196 Å². The Morgan fingerprint density at radius 1 is 1.21 bits per heavy atom. The average Bonchev–Trinajstić information content (AvgIpc) is 2.74. The summed E-state index contributed by atoms with van der Waals surface area (Å²) >= 11 is 1.48. The van der Waals surface area contributed by atoms with Crippen LogP contribution in [-0.4, -0.2) is 26.4 Å². The molecule has 0 spiro atoms. The van der Waals surface area contributed by atoms with E-state index < -0.39 is 10.8 Å². The molecule has 174 valence electrons. The number of carbonyl (C=O) groups is 1. The van der Waals surface area contributed by atoms with Gasteiger partial charge in [0.2, 0.25) is 0 Å². The van der Waals surface area contributed by atoms with Gasteiger partial charge in [0.05, 0.1) is 16.4 Å². The highest BCUT2D eigenvalue weighted by Gasteiger charge is 2.44. The fourth-order valence-electron chi connectivity index (χ4n) is 4.69. The van der Waals surface area contributed by atoms with E-state index in [0.29, 0.717) is 40.6 Å². The molecule has 2 heterocycles. The molecule has 8 nitrogen and oxygen atoms in total. The van der Waals surface area contributed by atoms with Crippen LogP contribution in [0.15, 0.2) is 45.5 Å². The lowest BCUT2D eigenvalue weighted by molar-refractivity contribution is -0.385. The van der Waals surface area contributed by atoms with Gasteiger partial charge in [-0.3, -0.25) is 19.7 Å². The number of anilines is 1. The molecule has 0 fully saturated rings. The normalized spacial score (nSPS) is 19.0. The number of nitro benzene ring substituents is 1. The molecule has 4 rings (SSSR count). The number of para-hydroxylation sites is 1. The fourth-order valence-corrected chi connectivity index (χ4v) is 5.55. The predicted molar refractivity (Wildman–Crippen MR) is 129 cm³/mol. The first-order valence-electron chi connectivity index (χ1n) is 11.3. The van der Waals surface area contributed by atoms with Crippen molar-refractivity contribution < 1.29 is 9.72 Å². The second-order valence-corrected chi connectivity index (χ2v) is 10.5. The number of allylic oxidation sites excluding steroid dienone is 2. The van der Waals surface area contributed by atoms with Crippen LogP contribution in [0, 0.1) is 15.5 Å². The van der Waals surface area contributed by atoms with E-state index >= 15 is 0 Å². The standard InChI is InChI=1S/C24H28N4O4S/c1-4-5-8-11-33-23-26-21-20(22(30)27-23)18(14-9-6-7-10-16(14)28(31)32)19-15(25-21)12-24(2,3)13-17(19)29/h6-7,9-10,18H,4-5,8,11-13H2,1-3H3,(H2,25,26,27,30). The van der Waals surface area contributed by atoms with E-state index in [0.717, 1.165) is 25.0 Å². The maximum absolute atomic E-state index is 13.3. The molecule has 1 aromatic carbocycles. The highest BCUT2D eigenvalue weighted by atomic mass is 32.2. The molecule has 2 aromatic rings. The van der Waals surface area contributed by atoms with Gasteiger partial charge in [0, 0.05) is 35.1 Å². The number of thioether (sulfide) groups is 1. The number of benzene rings is 1. The lowest BCUT2D eigenvalue weighted by Gasteiger charge is -2.38. The zero-order valence-corrected chi connectivity index (χ0v) is 19.9. The minimum atomic E-state index is -0.836. The molecule has 9 heteroatoms. The maximum Gasteiger partial charge on any atom is 0.273 e. The summed E-state index contributed by atoms with van der Waals surface area (Å²) in [5.41, 5.74) is 0.983. The first-order valence-corrected chi connectivity index (χ1v) is 12.2. The Kier molecular flexibility index (Phi) is 6.43. The van der Waals surface area contributed by atoms with Crippen molar-refractivity contribution >= 4 is 29.1 Å². The van der Waals surface area contributed by atoms with Crippen molar-refractivity contribution in [1.29, 1.82) is 0 Å². The quantitative estimate of drug-likeness (QED) is 0.189. The zero-order valence-electron chi connectivity index (χ0n) is 19.1. The van der Waals surface area contributed by atoms with E-state index in [2.05, 4.69) is 22.2 Å². The van der Waals surface area contributed by atoms with E-state index in [1.54, 1.807) is 18.2 Å². The van der Waals surface area contributed by atoms with Gasteiger partial charge in [0.25, 0.3) is 11.2 Å². The van der Waals surface area contributed by atoms with Crippen LogP contribution < -0.4 is 10.9 Å². The van der Waals surface area contributed by atoms with E-state index in [9.17, 15) is 19.7 Å². The monoisotopic (exact) mass is 468 g/mol. The summed E-state index contributed by atoms with van der Waals surface area (Å²) in [4.78, 5) is 45.4. The fraction of sp³-hybridized carbons (Fsp3) is 0.458. The first kappa shape index (κ1) is 23.2. The Morgan fingerprint density at radius 3 is 2.70 bits per heavy atom. The van der Waals surface area contributed by atoms with Crippen LogP contribution in [0.4, 0.5) is 11.5 Å². The number of rotatable bonds is 7. The van der Waals surface area contributed by atoms with Crippen LogP contribution >= 0.6 is 11.8 Å². The van der Waals surface area contributed by atoms with Crippen LogP contribution in [-0.2, 0) is 4.79 Å². The van der Waals surface area contributed by atoms with Gasteiger partial charge in [0.1, 0.15) is 5.82 Å². The summed E-state index contributed by atoms with van der Waals surface area (Å²) in [6.07, 6.45) is 4.14. The molecule has 1 aliphatic heterocycles. The number of nitro groups is 1. The van der Waals surface area contributed by atoms with E-state index in [4.69, 9.17) is 0 Å². The number of ketones is 1. The van der Waals surface area contributed by atoms with Crippen molar-refractivity contribution in [2.75, 3.05) is 11.1 Å². The molecule has 1 atom stereocenters. The lowest BCUT2D eigenvalue weighted by Crippen LogP contribution is -2.37. The van der Waals surface area contributed by atoms with Crippen molar-refractivity contribution in [2.24, 2.45) is 5.41 Å². The highest BCUT2D eigenvalue weighted by Crippen LogP contribution is 2.49. The van der Waals surface area contributed by atoms with Crippen LogP contribution in [0.2, 0.25) is 0 Å². The predicted octanol–water partition coefficient (Wildman–Crippen LogP) is 5.16. The van der Waals surface area contributed by atoms with Crippen LogP contribution in [0.25, 0.3) is 0 Å². The number of aromatic nitrogens is 2. The molecular formula is C24H28N4O4S. The molecule has 0 saturated heterocycles. The number of hydrogen-bond acceptors (Lipinski definition) is 7. The highest BCUT2D eigenvalue weighted by molar-refractivity contribution is 7.99. The first-order chi connectivity index (χ1) is 15.7. The molecule has 2 N–H and O–H groups in total. The van der Waals surface area contributed by atoms with Crippen LogP contribution in [0.3, 0.4) is 0 Å². The van der Waals surface area contributed by atoms with Crippen molar-refractivity contribution in [3.05, 3.63) is 67.1 Å². The number of carbonyl (C=O) groups excluding carboxylic acids is 1. The van der Waals surface area contributed by atoms with E-state index in [1.807, 2.05) is 13.8 Å². The van der Waals surface area contributed by atoms with Gasteiger partial charge < -0.3 is 10.3 Å². The van der Waals surface area contributed by atoms with Gasteiger partial charge >= 0.3 is 0 Å². The second kappa shape index (κ2) is 9.13. The third kappa shape index (κ3) is 4.59. The number of hydrogen-bond donors (Lipinski definition) is 2. The SMILES string of the molecule is CCCCCSc1nc2c(c(=O)[nH]1)C(c1ccccc1[N+](=O)[O-])C1=C(CC(C)(C)CC1=O)N2. The Bertz CT molecular complexity index is 1200. The minimum absolute atomic E-state index is 0.0973. The van der Waals surface area contributed by atoms with Crippen molar-refractivity contribution in [3.8, 4) is 0 Å². The zero-order chi connectivity index (χ0) is 23.8. The number of aromatic amines is 1. The third-order valence-electron chi connectivity index (χ3n) is 6.13. The molecule has 0 amide bonds. The van der Waals surface area contributed by atoms with Gasteiger partial charge in [-0.2, -0.15) is 0 Å². The summed E-state index contributed by atoms with van der Waals surface area (Å²) in [5, 5.41) is 15.6. The van der Waals surface area contributed by atoms with Gasteiger partial charge in [-0.1, -0.05) is 63.6 Å². The summed E-state index contributed by atoms with van der Waals surface area (Å²) < 4.78 is 0. The minimum Gasteiger partial charge on any atom is -0.343 e. The van der Waals surface area contributed by atoms with Gasteiger partial charge in [-0.05, 0) is 18.3 Å². The molecule has 0 saturated carbocycles. The second-order valence-electron chi connectivity index (χ2n) is 9.40. The number of Topliss-reactive ketones (excluding diaryl/α,β-unsaturated/α-hetero) is 1. The molecule has 0 radical (unpaired) electrons. The molecule has 33 heavy (non-hydrogen) atoms. The van der Waals surface area contributed by atoms with E-state index in [1.165, 1.54) is 17.8 Å². The molecule has 1 unspecified atom stereocenters. The van der Waals surface area contributed by atoms with Crippen molar-refractivity contribution in [3.63, 3.8) is 0 Å². The summed E-state index contributed by atoms with van der Waals surface area (Å²) in [6, 6.07) is 6.32. The van der Waals surface area contributed by atoms with Gasteiger partial charge in [-0.15, -0.1) is 0 Å². The number of fused-ring (bicyclic) bond motifs is 1. The lowest BCUT2D eigenvalue weighted by atomic mass is 9.69. The number of nitrogens with zero attached hydrogens (tertiary/aromatic N) is 2. The molecule has 0 bridgehead atoms. The number of unbranched alkanes of at least 4 members (excludes halogenated alkanes) is 2. The number of H-pyrrole nitrogens is 1. The summed E-state index contributed by atoms with van der Waals surface area (Å²) in [6.45, 7) is 6.17. The molecule has 2 aliphatic rings. The number of nitrogens with one attached hydrogen (secondary N) is 2. The average molecular weight is 469 g/mol. The molecule has 1 aromatic heterocycles. The summed E-state index contributed by atoms with van der Waals surface area (Å²) in [5.74, 6) is 0.281. The Hall–Kier alpha value is -2.94. The van der Waals surface area contributed by atoms with Crippen LogP contribution in [0.5, 0.6) is 0 Å².